The van der Waals surface area contributed by atoms with Crippen molar-refractivity contribution in [3.8, 4) is 0 Å². The molecule has 0 radical (unpaired) electrons. The van der Waals surface area contributed by atoms with Gasteiger partial charge in [0.15, 0.2) is 6.61 Å². The van der Waals surface area contributed by atoms with E-state index in [9.17, 15) is 14.4 Å². The first-order valence-electron chi connectivity index (χ1n) is 9.98. The van der Waals surface area contributed by atoms with Gasteiger partial charge in [-0.2, -0.15) is 0 Å². The summed E-state index contributed by atoms with van der Waals surface area (Å²) in [6, 6.07) is 0.237. The molecule has 1 aromatic rings. The van der Waals surface area contributed by atoms with Crippen LogP contribution < -0.4 is 0 Å². The van der Waals surface area contributed by atoms with E-state index >= 15 is 0 Å². The Morgan fingerprint density at radius 3 is 2.50 bits per heavy atom. The molecule has 3 rings (SSSR count). The van der Waals surface area contributed by atoms with E-state index in [1.165, 1.54) is 0 Å². The SMILES string of the molecule is CCOC(=O)c1c(C)[nH]c(C(=O)OCC(=O)N(C2=CCCCC2)C2CC2)c1C. The molecule has 0 spiro atoms. The number of allylic oxidation sites excluding steroid dienone is 2. The van der Waals surface area contributed by atoms with E-state index in [4.69, 9.17) is 9.47 Å². The zero-order chi connectivity index (χ0) is 20.3. The molecule has 1 aromatic heterocycles. The highest BCUT2D eigenvalue weighted by molar-refractivity contribution is 5.99. The second-order valence-corrected chi connectivity index (χ2v) is 7.36. The van der Waals surface area contributed by atoms with E-state index < -0.39 is 11.9 Å². The Labute approximate surface area is 165 Å². The van der Waals surface area contributed by atoms with Gasteiger partial charge >= 0.3 is 11.9 Å². The van der Waals surface area contributed by atoms with E-state index in [-0.39, 0.29) is 30.9 Å². The van der Waals surface area contributed by atoms with Gasteiger partial charge in [-0.3, -0.25) is 4.79 Å². The van der Waals surface area contributed by atoms with Crippen molar-refractivity contribution >= 4 is 17.8 Å². The van der Waals surface area contributed by atoms with Crippen LogP contribution >= 0.6 is 0 Å². The van der Waals surface area contributed by atoms with Gasteiger partial charge in [0, 0.05) is 17.4 Å². The summed E-state index contributed by atoms with van der Waals surface area (Å²) in [4.78, 5) is 42.0. The molecule has 1 amide bonds. The molecule has 0 saturated heterocycles. The molecule has 2 aliphatic carbocycles. The van der Waals surface area contributed by atoms with Crippen LogP contribution in [0.4, 0.5) is 0 Å². The summed E-state index contributed by atoms with van der Waals surface area (Å²) < 4.78 is 10.3. The average Bonchev–Trinajstić information content (AvgIpc) is 3.45. The van der Waals surface area contributed by atoms with Gasteiger partial charge in [-0.1, -0.05) is 6.08 Å². The van der Waals surface area contributed by atoms with Gasteiger partial charge in [0.2, 0.25) is 0 Å². The van der Waals surface area contributed by atoms with Crippen molar-refractivity contribution in [1.29, 1.82) is 0 Å². The monoisotopic (exact) mass is 388 g/mol. The second kappa shape index (κ2) is 8.63. The molecule has 7 heteroatoms. The lowest BCUT2D eigenvalue weighted by molar-refractivity contribution is -0.133. The summed E-state index contributed by atoms with van der Waals surface area (Å²) >= 11 is 0. The third kappa shape index (κ3) is 4.29. The summed E-state index contributed by atoms with van der Waals surface area (Å²) in [6.07, 6.45) is 8.24. The summed E-state index contributed by atoms with van der Waals surface area (Å²) in [5, 5.41) is 0. The largest absolute Gasteiger partial charge is 0.462 e. The molecule has 0 unspecified atom stereocenters. The van der Waals surface area contributed by atoms with Crippen LogP contribution in [0, 0.1) is 13.8 Å². The van der Waals surface area contributed by atoms with Crippen molar-refractivity contribution in [2.24, 2.45) is 0 Å². The molecule has 7 nitrogen and oxygen atoms in total. The van der Waals surface area contributed by atoms with Crippen LogP contribution in [-0.4, -0.2) is 47.0 Å². The van der Waals surface area contributed by atoms with Gasteiger partial charge in [0.25, 0.3) is 5.91 Å². The topological polar surface area (TPSA) is 88.7 Å². The number of ether oxygens (including phenoxy) is 2. The average molecular weight is 388 g/mol. The maximum atomic E-state index is 12.7. The fourth-order valence-corrected chi connectivity index (χ4v) is 3.70. The smallest absolute Gasteiger partial charge is 0.355 e. The predicted octanol–water partition coefficient (Wildman–Crippen LogP) is 3.41. The lowest BCUT2D eigenvalue weighted by Gasteiger charge is -2.27. The Bertz CT molecular complexity index is 804. The Hall–Kier alpha value is -2.57. The van der Waals surface area contributed by atoms with E-state index in [0.717, 1.165) is 44.2 Å². The van der Waals surface area contributed by atoms with Crippen LogP contribution in [0.5, 0.6) is 0 Å². The number of carbonyl (C=O) groups excluding carboxylic acids is 3. The minimum absolute atomic E-state index is 0.184. The molecule has 2 aliphatic rings. The normalized spacial score (nSPS) is 16.3. The standard InChI is InChI=1S/C21H28N2O5/c1-4-27-20(25)18-13(2)19(22-14(18)3)21(26)28-12-17(24)23(16-10-11-16)15-8-6-5-7-9-15/h8,16,22H,4-7,9-12H2,1-3H3. The summed E-state index contributed by atoms with van der Waals surface area (Å²) in [5.41, 5.74) is 2.60. The Morgan fingerprint density at radius 2 is 1.89 bits per heavy atom. The van der Waals surface area contributed by atoms with Crippen LogP contribution in [0.1, 0.15) is 77.6 Å². The zero-order valence-corrected chi connectivity index (χ0v) is 16.8. The number of aromatic amines is 1. The summed E-state index contributed by atoms with van der Waals surface area (Å²) in [6.45, 7) is 5.04. The Balaban J connectivity index is 1.66. The first kappa shape index (κ1) is 20.2. The molecule has 152 valence electrons. The van der Waals surface area contributed by atoms with Gasteiger partial charge < -0.3 is 19.4 Å². The first-order chi connectivity index (χ1) is 13.4. The van der Waals surface area contributed by atoms with Crippen molar-refractivity contribution in [2.45, 2.75) is 65.3 Å². The molecule has 1 saturated carbocycles. The first-order valence-corrected chi connectivity index (χ1v) is 9.98. The molecular weight excluding hydrogens is 360 g/mol. The number of hydrogen-bond donors (Lipinski definition) is 1. The molecule has 0 aromatic carbocycles. The molecule has 0 aliphatic heterocycles. The minimum Gasteiger partial charge on any atom is -0.462 e. The Morgan fingerprint density at radius 1 is 1.14 bits per heavy atom. The number of rotatable bonds is 7. The highest BCUT2D eigenvalue weighted by Gasteiger charge is 2.35. The molecule has 1 fully saturated rings. The van der Waals surface area contributed by atoms with E-state index in [1.807, 2.05) is 4.90 Å². The van der Waals surface area contributed by atoms with Gasteiger partial charge in [-0.15, -0.1) is 0 Å². The quantitative estimate of drug-likeness (QED) is 0.723. The maximum absolute atomic E-state index is 12.7. The van der Waals surface area contributed by atoms with E-state index in [1.54, 1.807) is 20.8 Å². The third-order valence-electron chi connectivity index (χ3n) is 5.21. The zero-order valence-electron chi connectivity index (χ0n) is 16.8. The molecule has 1 N–H and O–H groups in total. The van der Waals surface area contributed by atoms with Crippen LogP contribution in [0.2, 0.25) is 0 Å². The van der Waals surface area contributed by atoms with Crippen LogP contribution in [0.15, 0.2) is 11.8 Å². The number of carbonyl (C=O) groups is 3. The maximum Gasteiger partial charge on any atom is 0.355 e. The van der Waals surface area contributed by atoms with Gasteiger partial charge in [0.05, 0.1) is 12.2 Å². The van der Waals surface area contributed by atoms with Gasteiger partial charge in [-0.05, 0) is 64.9 Å². The molecule has 0 atom stereocenters. The molecule has 28 heavy (non-hydrogen) atoms. The van der Waals surface area contributed by atoms with E-state index in [2.05, 4.69) is 11.1 Å². The minimum atomic E-state index is -0.641. The number of aromatic nitrogens is 1. The fraction of sp³-hybridized carbons (Fsp3) is 0.571. The number of amides is 1. The Kier molecular flexibility index (Phi) is 6.21. The summed E-state index contributed by atoms with van der Waals surface area (Å²) in [5.74, 6) is -1.30. The number of esters is 2. The number of nitrogens with zero attached hydrogens (tertiary/aromatic N) is 1. The van der Waals surface area contributed by atoms with Gasteiger partial charge in [0.1, 0.15) is 5.69 Å². The molecule has 0 bridgehead atoms. The van der Waals surface area contributed by atoms with Crippen LogP contribution in [0.3, 0.4) is 0 Å². The van der Waals surface area contributed by atoms with Crippen molar-refractivity contribution in [3.63, 3.8) is 0 Å². The highest BCUT2D eigenvalue weighted by Crippen LogP contribution is 2.33. The summed E-state index contributed by atoms with van der Waals surface area (Å²) in [7, 11) is 0. The van der Waals surface area contributed by atoms with Crippen molar-refractivity contribution in [1.82, 2.24) is 9.88 Å². The van der Waals surface area contributed by atoms with Crippen molar-refractivity contribution in [2.75, 3.05) is 13.2 Å². The predicted molar refractivity (Wildman–Crippen MR) is 103 cm³/mol. The second-order valence-electron chi connectivity index (χ2n) is 7.36. The molecule has 1 heterocycles. The van der Waals surface area contributed by atoms with Crippen molar-refractivity contribution in [3.05, 3.63) is 34.3 Å². The highest BCUT2D eigenvalue weighted by atomic mass is 16.5. The van der Waals surface area contributed by atoms with Crippen LogP contribution in [0.25, 0.3) is 0 Å². The van der Waals surface area contributed by atoms with Gasteiger partial charge in [-0.25, -0.2) is 9.59 Å². The lowest BCUT2D eigenvalue weighted by Crippen LogP contribution is -2.36. The number of H-pyrrole nitrogens is 1. The third-order valence-corrected chi connectivity index (χ3v) is 5.21. The fourth-order valence-electron chi connectivity index (χ4n) is 3.70. The molecular formula is C21H28N2O5. The lowest BCUT2D eigenvalue weighted by atomic mass is 10.0. The van der Waals surface area contributed by atoms with Crippen LogP contribution in [-0.2, 0) is 14.3 Å². The number of hydrogen-bond acceptors (Lipinski definition) is 5. The number of nitrogens with one attached hydrogen (secondary N) is 1. The van der Waals surface area contributed by atoms with E-state index in [0.29, 0.717) is 16.8 Å². The van der Waals surface area contributed by atoms with Crippen molar-refractivity contribution < 1.29 is 23.9 Å². The number of aryl methyl sites for hydroxylation is 1.